The number of benzene rings is 1. The van der Waals surface area contributed by atoms with Gasteiger partial charge in [0.05, 0.1) is 12.6 Å². The minimum absolute atomic E-state index is 0.272. The van der Waals surface area contributed by atoms with Crippen molar-refractivity contribution in [2.75, 3.05) is 26.7 Å². The molecule has 0 N–H and O–H groups in total. The van der Waals surface area contributed by atoms with Crippen LogP contribution in [0.3, 0.4) is 0 Å². The van der Waals surface area contributed by atoms with Crippen LogP contribution in [0.5, 0.6) is 0 Å². The Morgan fingerprint density at radius 1 is 1.31 bits per heavy atom. The fraction of sp³-hybridized carbons (Fsp3) is 0.462. The Labute approximate surface area is 95.7 Å². The van der Waals surface area contributed by atoms with E-state index in [2.05, 4.69) is 29.2 Å². The molecule has 0 bridgehead atoms. The topological polar surface area (TPSA) is 23.6 Å². The van der Waals surface area contributed by atoms with Crippen molar-refractivity contribution in [1.82, 2.24) is 9.80 Å². The quantitative estimate of drug-likeness (QED) is 0.647. The summed E-state index contributed by atoms with van der Waals surface area (Å²) < 4.78 is 0. The van der Waals surface area contributed by atoms with Crippen LogP contribution in [0.25, 0.3) is 0 Å². The summed E-state index contributed by atoms with van der Waals surface area (Å²) in [5.41, 5.74) is 2.75. The van der Waals surface area contributed by atoms with Gasteiger partial charge in [-0.25, -0.2) is 0 Å². The van der Waals surface area contributed by atoms with Gasteiger partial charge in [-0.1, -0.05) is 24.3 Å². The van der Waals surface area contributed by atoms with E-state index in [0.717, 1.165) is 19.5 Å². The van der Waals surface area contributed by atoms with E-state index in [4.69, 9.17) is 0 Å². The molecule has 84 valence electrons. The predicted octanol–water partition coefficient (Wildman–Crippen LogP) is 1.06. The van der Waals surface area contributed by atoms with Gasteiger partial charge < -0.3 is 4.90 Å². The number of likely N-dealkylation sites (N-methyl/N-ethyl adjacent to an activating group) is 1. The Kier molecular flexibility index (Phi) is 2.21. The van der Waals surface area contributed by atoms with Gasteiger partial charge in [-0.2, -0.15) is 0 Å². The lowest BCUT2D eigenvalue weighted by molar-refractivity contribution is -0.139. The Morgan fingerprint density at radius 3 is 3.00 bits per heavy atom. The van der Waals surface area contributed by atoms with Crippen LogP contribution in [0.2, 0.25) is 0 Å². The third kappa shape index (κ3) is 1.43. The van der Waals surface area contributed by atoms with E-state index in [-0.39, 0.29) is 11.9 Å². The van der Waals surface area contributed by atoms with Crippen LogP contribution in [-0.4, -0.2) is 42.4 Å². The van der Waals surface area contributed by atoms with Crippen LogP contribution in [0, 0.1) is 0 Å². The zero-order valence-corrected chi connectivity index (χ0v) is 9.52. The number of amides is 1. The number of hydrogen-bond donors (Lipinski definition) is 0. The van der Waals surface area contributed by atoms with Crippen LogP contribution >= 0.6 is 0 Å². The molecule has 2 aliphatic heterocycles. The molecule has 16 heavy (non-hydrogen) atoms. The maximum atomic E-state index is 11.9. The molecule has 0 saturated carbocycles. The number of carbonyl (C=O) groups excluding carboxylic acids is 1. The lowest BCUT2D eigenvalue weighted by atomic mass is 9.91. The van der Waals surface area contributed by atoms with Crippen LogP contribution in [0.15, 0.2) is 24.3 Å². The molecule has 1 aromatic rings. The van der Waals surface area contributed by atoms with Gasteiger partial charge in [0.25, 0.3) is 0 Å². The van der Waals surface area contributed by atoms with Crippen molar-refractivity contribution in [2.45, 2.75) is 12.5 Å². The number of nitrogens with zero attached hydrogens (tertiary/aromatic N) is 2. The lowest BCUT2D eigenvalue weighted by Crippen LogP contribution is -2.53. The zero-order valence-electron chi connectivity index (χ0n) is 9.52. The Balaban J connectivity index is 2.01. The second kappa shape index (κ2) is 3.59. The molecule has 2 heterocycles. The molecule has 3 nitrogen and oxygen atoms in total. The van der Waals surface area contributed by atoms with Crippen molar-refractivity contribution in [2.24, 2.45) is 0 Å². The Morgan fingerprint density at radius 2 is 2.12 bits per heavy atom. The summed E-state index contributed by atoms with van der Waals surface area (Å²) in [5.74, 6) is 0.272. The van der Waals surface area contributed by atoms with E-state index in [1.54, 1.807) is 0 Å². The monoisotopic (exact) mass is 216 g/mol. The first-order valence-electron chi connectivity index (χ1n) is 5.81. The first kappa shape index (κ1) is 9.85. The van der Waals surface area contributed by atoms with Crippen molar-refractivity contribution < 1.29 is 4.79 Å². The number of fused-ring (bicyclic) bond motifs is 3. The highest BCUT2D eigenvalue weighted by Gasteiger charge is 2.35. The molecular formula is C13H16N2O. The zero-order chi connectivity index (χ0) is 11.1. The average molecular weight is 216 g/mol. The van der Waals surface area contributed by atoms with Gasteiger partial charge >= 0.3 is 0 Å². The van der Waals surface area contributed by atoms with E-state index in [9.17, 15) is 4.79 Å². The number of hydrogen-bond acceptors (Lipinski definition) is 2. The summed E-state index contributed by atoms with van der Waals surface area (Å²) in [7, 11) is 2.02. The van der Waals surface area contributed by atoms with Gasteiger partial charge in [0.15, 0.2) is 0 Å². The predicted molar refractivity (Wildman–Crippen MR) is 62.1 cm³/mol. The summed E-state index contributed by atoms with van der Waals surface area (Å²) in [5, 5.41) is 0. The highest BCUT2D eigenvalue weighted by Crippen LogP contribution is 2.32. The van der Waals surface area contributed by atoms with Gasteiger partial charge in [-0.15, -0.1) is 0 Å². The Hall–Kier alpha value is -1.35. The van der Waals surface area contributed by atoms with Crippen LogP contribution < -0.4 is 0 Å². The van der Waals surface area contributed by atoms with Crippen molar-refractivity contribution in [1.29, 1.82) is 0 Å². The standard InChI is InChI=1S/C13H16N2O/c1-14-8-12-11-5-3-2-4-10(11)6-7-15(12)13(16)9-14/h2-5,12H,6-9H2,1H3. The molecule has 1 amide bonds. The summed E-state index contributed by atoms with van der Waals surface area (Å²) >= 11 is 0. The SMILES string of the molecule is CN1CC(=O)N2CCc3ccccc3C2C1. The second-order valence-corrected chi connectivity index (χ2v) is 4.75. The molecule has 3 rings (SSSR count). The number of rotatable bonds is 0. The summed E-state index contributed by atoms with van der Waals surface area (Å²) in [6, 6.07) is 8.78. The average Bonchev–Trinajstić information content (AvgIpc) is 2.28. The maximum absolute atomic E-state index is 11.9. The molecule has 3 heteroatoms. The van der Waals surface area contributed by atoms with E-state index in [1.807, 2.05) is 11.9 Å². The Bertz CT molecular complexity index is 430. The molecule has 2 aliphatic rings. The smallest absolute Gasteiger partial charge is 0.237 e. The molecule has 1 saturated heterocycles. The third-order valence-corrected chi connectivity index (χ3v) is 3.62. The first-order chi connectivity index (χ1) is 7.75. The minimum Gasteiger partial charge on any atom is -0.333 e. The molecule has 1 aromatic carbocycles. The molecule has 1 atom stereocenters. The fourth-order valence-electron chi connectivity index (χ4n) is 2.83. The van der Waals surface area contributed by atoms with E-state index < -0.39 is 0 Å². The molecule has 1 fully saturated rings. The van der Waals surface area contributed by atoms with E-state index in [1.165, 1.54) is 11.1 Å². The summed E-state index contributed by atoms with van der Waals surface area (Å²) in [6.45, 7) is 2.41. The highest BCUT2D eigenvalue weighted by atomic mass is 16.2. The largest absolute Gasteiger partial charge is 0.333 e. The van der Waals surface area contributed by atoms with Gasteiger partial charge in [0.1, 0.15) is 0 Å². The van der Waals surface area contributed by atoms with Crippen molar-refractivity contribution in [3.63, 3.8) is 0 Å². The molecule has 1 unspecified atom stereocenters. The molecule has 0 aromatic heterocycles. The molecule has 0 radical (unpaired) electrons. The summed E-state index contributed by atoms with van der Waals surface area (Å²) in [6.07, 6.45) is 1.00. The van der Waals surface area contributed by atoms with Crippen molar-refractivity contribution >= 4 is 5.91 Å². The first-order valence-corrected chi connectivity index (χ1v) is 5.81. The number of carbonyl (C=O) groups is 1. The highest BCUT2D eigenvalue weighted by molar-refractivity contribution is 5.80. The molecule has 0 aliphatic carbocycles. The normalized spacial score (nSPS) is 25.2. The van der Waals surface area contributed by atoms with Crippen LogP contribution in [0.4, 0.5) is 0 Å². The summed E-state index contributed by atoms with van der Waals surface area (Å²) in [4.78, 5) is 16.1. The van der Waals surface area contributed by atoms with Gasteiger partial charge in [-0.05, 0) is 24.6 Å². The van der Waals surface area contributed by atoms with Gasteiger partial charge in [0, 0.05) is 13.1 Å². The lowest BCUT2D eigenvalue weighted by Gasteiger charge is -2.43. The fourth-order valence-corrected chi connectivity index (χ4v) is 2.83. The maximum Gasteiger partial charge on any atom is 0.237 e. The van der Waals surface area contributed by atoms with Crippen LogP contribution in [-0.2, 0) is 11.2 Å². The van der Waals surface area contributed by atoms with E-state index in [0.29, 0.717) is 6.54 Å². The minimum atomic E-state index is 0.272. The van der Waals surface area contributed by atoms with Crippen LogP contribution in [0.1, 0.15) is 17.2 Å². The van der Waals surface area contributed by atoms with Gasteiger partial charge in [-0.3, -0.25) is 9.69 Å². The van der Waals surface area contributed by atoms with Crippen molar-refractivity contribution in [3.8, 4) is 0 Å². The molecular weight excluding hydrogens is 200 g/mol. The third-order valence-electron chi connectivity index (χ3n) is 3.62. The van der Waals surface area contributed by atoms with Gasteiger partial charge in [0.2, 0.25) is 5.91 Å². The number of piperazine rings is 1. The molecule has 0 spiro atoms. The van der Waals surface area contributed by atoms with E-state index >= 15 is 0 Å². The second-order valence-electron chi connectivity index (χ2n) is 4.75. The van der Waals surface area contributed by atoms with Crippen molar-refractivity contribution in [3.05, 3.63) is 35.4 Å².